The highest BCUT2D eigenvalue weighted by Gasteiger charge is 2.15. The molecule has 1 aliphatic rings. The van der Waals surface area contributed by atoms with Crippen molar-refractivity contribution in [3.8, 4) is 0 Å². The number of rotatable bonds is 2. The Morgan fingerprint density at radius 1 is 1.50 bits per heavy atom. The van der Waals surface area contributed by atoms with Crippen LogP contribution < -0.4 is 5.32 Å². The highest BCUT2D eigenvalue weighted by molar-refractivity contribution is 4.68. The third-order valence-corrected chi connectivity index (χ3v) is 1.94. The number of nitrogens with zero attached hydrogens (tertiary/aromatic N) is 1. The SMILES string of the molecule is CC[C@@H](O)N1CCNCC1. The van der Waals surface area contributed by atoms with Crippen LogP contribution in [0.2, 0.25) is 0 Å². The zero-order chi connectivity index (χ0) is 7.40. The maximum absolute atomic E-state index is 9.38. The fraction of sp³-hybridized carbons (Fsp3) is 1.00. The zero-order valence-electron chi connectivity index (χ0n) is 6.51. The predicted octanol–water partition coefficient (Wildman–Crippen LogP) is -0.380. The summed E-state index contributed by atoms with van der Waals surface area (Å²) < 4.78 is 0. The van der Waals surface area contributed by atoms with E-state index < -0.39 is 0 Å². The van der Waals surface area contributed by atoms with Gasteiger partial charge < -0.3 is 10.4 Å². The van der Waals surface area contributed by atoms with Gasteiger partial charge in [-0.25, -0.2) is 0 Å². The summed E-state index contributed by atoms with van der Waals surface area (Å²) in [6.07, 6.45) is 0.613. The molecule has 2 N–H and O–H groups in total. The molecule has 0 aromatic rings. The van der Waals surface area contributed by atoms with E-state index in [2.05, 4.69) is 10.2 Å². The molecule has 1 rings (SSSR count). The highest BCUT2D eigenvalue weighted by Crippen LogP contribution is 2.00. The van der Waals surface area contributed by atoms with Crippen LogP contribution in [-0.4, -0.2) is 42.4 Å². The number of nitrogens with one attached hydrogen (secondary N) is 1. The second-order valence-corrected chi connectivity index (χ2v) is 2.67. The highest BCUT2D eigenvalue weighted by atomic mass is 16.3. The second-order valence-electron chi connectivity index (χ2n) is 2.67. The Balaban J connectivity index is 2.24. The van der Waals surface area contributed by atoms with Gasteiger partial charge in [-0.15, -0.1) is 0 Å². The molecule has 10 heavy (non-hydrogen) atoms. The molecule has 3 nitrogen and oxygen atoms in total. The number of piperazine rings is 1. The lowest BCUT2D eigenvalue weighted by Crippen LogP contribution is -2.48. The molecule has 60 valence electrons. The van der Waals surface area contributed by atoms with Crippen LogP contribution in [0.15, 0.2) is 0 Å². The molecular weight excluding hydrogens is 128 g/mol. The summed E-state index contributed by atoms with van der Waals surface area (Å²) in [7, 11) is 0. The standard InChI is InChI=1S/C7H16N2O/c1-2-7(10)9-5-3-8-4-6-9/h7-8,10H,2-6H2,1H3/t7-/m1/s1. The summed E-state index contributed by atoms with van der Waals surface area (Å²) in [6, 6.07) is 0. The van der Waals surface area contributed by atoms with E-state index in [0.717, 1.165) is 32.6 Å². The smallest absolute Gasteiger partial charge is 0.107 e. The number of aliphatic hydroxyl groups excluding tert-OH is 1. The minimum atomic E-state index is -0.220. The average Bonchev–Trinajstić information content (AvgIpc) is 2.05. The van der Waals surface area contributed by atoms with Crippen molar-refractivity contribution in [1.29, 1.82) is 0 Å². The van der Waals surface area contributed by atoms with Crippen molar-refractivity contribution in [2.45, 2.75) is 19.6 Å². The molecule has 1 atom stereocenters. The molecule has 0 amide bonds. The first-order valence-electron chi connectivity index (χ1n) is 3.97. The third kappa shape index (κ3) is 1.94. The van der Waals surface area contributed by atoms with Gasteiger partial charge in [-0.1, -0.05) is 6.92 Å². The molecule has 1 aliphatic heterocycles. The van der Waals surface area contributed by atoms with E-state index in [4.69, 9.17) is 0 Å². The molecule has 0 aromatic heterocycles. The molecule has 0 aliphatic carbocycles. The molecule has 1 saturated heterocycles. The van der Waals surface area contributed by atoms with Crippen LogP contribution in [0, 0.1) is 0 Å². The van der Waals surface area contributed by atoms with Crippen LogP contribution in [0.25, 0.3) is 0 Å². The van der Waals surface area contributed by atoms with Gasteiger partial charge in [0.05, 0.1) is 0 Å². The number of hydrogen-bond donors (Lipinski definition) is 2. The van der Waals surface area contributed by atoms with Crippen LogP contribution >= 0.6 is 0 Å². The summed E-state index contributed by atoms with van der Waals surface area (Å²) >= 11 is 0. The molecule has 0 aromatic carbocycles. The van der Waals surface area contributed by atoms with Gasteiger partial charge in [0, 0.05) is 26.2 Å². The summed E-state index contributed by atoms with van der Waals surface area (Å²) in [5.74, 6) is 0. The Morgan fingerprint density at radius 3 is 2.60 bits per heavy atom. The third-order valence-electron chi connectivity index (χ3n) is 1.94. The topological polar surface area (TPSA) is 35.5 Å². The lowest BCUT2D eigenvalue weighted by atomic mass is 10.3. The van der Waals surface area contributed by atoms with E-state index in [1.165, 1.54) is 0 Å². The molecule has 1 heterocycles. The quantitative estimate of drug-likeness (QED) is 0.554. The van der Waals surface area contributed by atoms with Crippen LogP contribution in [0.4, 0.5) is 0 Å². The zero-order valence-corrected chi connectivity index (χ0v) is 6.51. The lowest BCUT2D eigenvalue weighted by molar-refractivity contribution is -0.00563. The van der Waals surface area contributed by atoms with Gasteiger partial charge in [0.1, 0.15) is 6.23 Å². The van der Waals surface area contributed by atoms with Crippen molar-refractivity contribution in [2.24, 2.45) is 0 Å². The van der Waals surface area contributed by atoms with Gasteiger partial charge in [-0.05, 0) is 6.42 Å². The van der Waals surface area contributed by atoms with E-state index in [1.54, 1.807) is 0 Å². The summed E-state index contributed by atoms with van der Waals surface area (Å²) in [5, 5.41) is 12.6. The minimum absolute atomic E-state index is 0.220. The van der Waals surface area contributed by atoms with E-state index in [0.29, 0.717) is 0 Å². The van der Waals surface area contributed by atoms with E-state index in [9.17, 15) is 5.11 Å². The molecule has 1 fully saturated rings. The van der Waals surface area contributed by atoms with Gasteiger partial charge in [-0.3, -0.25) is 4.90 Å². The van der Waals surface area contributed by atoms with Crippen molar-refractivity contribution in [1.82, 2.24) is 10.2 Å². The van der Waals surface area contributed by atoms with E-state index in [1.807, 2.05) is 6.92 Å². The van der Waals surface area contributed by atoms with Gasteiger partial charge >= 0.3 is 0 Å². The van der Waals surface area contributed by atoms with Crippen LogP contribution in [-0.2, 0) is 0 Å². The lowest BCUT2D eigenvalue weighted by Gasteiger charge is -2.30. The monoisotopic (exact) mass is 144 g/mol. The molecule has 0 saturated carbocycles. The normalized spacial score (nSPS) is 24.6. The minimum Gasteiger partial charge on any atom is -0.378 e. The molecule has 0 spiro atoms. The molecule has 0 radical (unpaired) electrons. The van der Waals surface area contributed by atoms with Crippen LogP contribution in [0.1, 0.15) is 13.3 Å². The Kier molecular flexibility index (Phi) is 3.12. The van der Waals surface area contributed by atoms with Crippen molar-refractivity contribution in [3.05, 3.63) is 0 Å². The predicted molar refractivity (Wildman–Crippen MR) is 40.7 cm³/mol. The average molecular weight is 144 g/mol. The van der Waals surface area contributed by atoms with Crippen molar-refractivity contribution in [3.63, 3.8) is 0 Å². The Hall–Kier alpha value is -0.120. The van der Waals surface area contributed by atoms with Gasteiger partial charge in [-0.2, -0.15) is 0 Å². The van der Waals surface area contributed by atoms with Crippen molar-refractivity contribution in [2.75, 3.05) is 26.2 Å². The summed E-state index contributed by atoms with van der Waals surface area (Å²) in [6.45, 7) is 5.99. The van der Waals surface area contributed by atoms with E-state index >= 15 is 0 Å². The maximum Gasteiger partial charge on any atom is 0.107 e. The molecule has 3 heteroatoms. The first-order valence-corrected chi connectivity index (χ1v) is 3.97. The van der Waals surface area contributed by atoms with Crippen LogP contribution in [0.5, 0.6) is 0 Å². The number of aliphatic hydroxyl groups is 1. The Labute approximate surface area is 62.0 Å². The van der Waals surface area contributed by atoms with Gasteiger partial charge in [0.15, 0.2) is 0 Å². The summed E-state index contributed by atoms with van der Waals surface area (Å²) in [5.41, 5.74) is 0. The van der Waals surface area contributed by atoms with Crippen LogP contribution in [0.3, 0.4) is 0 Å². The second kappa shape index (κ2) is 3.91. The Morgan fingerprint density at radius 2 is 2.10 bits per heavy atom. The maximum atomic E-state index is 9.38. The fourth-order valence-corrected chi connectivity index (χ4v) is 1.24. The molecule has 0 bridgehead atoms. The van der Waals surface area contributed by atoms with Gasteiger partial charge in [0.25, 0.3) is 0 Å². The first kappa shape index (κ1) is 7.98. The Bertz CT molecular complexity index is 91.6. The first-order chi connectivity index (χ1) is 4.84. The van der Waals surface area contributed by atoms with Crippen molar-refractivity contribution < 1.29 is 5.11 Å². The van der Waals surface area contributed by atoms with Crippen molar-refractivity contribution >= 4 is 0 Å². The fourth-order valence-electron chi connectivity index (χ4n) is 1.24. The van der Waals surface area contributed by atoms with E-state index in [-0.39, 0.29) is 6.23 Å². The molecular formula is C7H16N2O. The molecule has 0 unspecified atom stereocenters. The largest absolute Gasteiger partial charge is 0.378 e. The number of hydrogen-bond acceptors (Lipinski definition) is 3. The van der Waals surface area contributed by atoms with Gasteiger partial charge in [0.2, 0.25) is 0 Å². The summed E-state index contributed by atoms with van der Waals surface area (Å²) in [4.78, 5) is 2.11.